The predicted molar refractivity (Wildman–Crippen MR) is 67.3 cm³/mol. The van der Waals surface area contributed by atoms with E-state index in [-0.39, 0.29) is 5.75 Å². The number of aryl methyl sites for hydroxylation is 2. The minimum absolute atomic E-state index is 0.272. The van der Waals surface area contributed by atoms with Gasteiger partial charge in [0.05, 0.1) is 0 Å². The van der Waals surface area contributed by atoms with Gasteiger partial charge in [-0.1, -0.05) is 12.1 Å². The van der Waals surface area contributed by atoms with Gasteiger partial charge in [0, 0.05) is 17.4 Å². The zero-order valence-corrected chi connectivity index (χ0v) is 9.49. The average molecular weight is 213 g/mol. The van der Waals surface area contributed by atoms with E-state index < -0.39 is 0 Å². The number of hydrogen-bond donors (Lipinski definition) is 2. The molecule has 2 rings (SSSR count). The van der Waals surface area contributed by atoms with Crippen LogP contribution in [0.1, 0.15) is 11.1 Å². The fraction of sp³-hybridized carbons (Fsp3) is 0.143. The van der Waals surface area contributed by atoms with E-state index in [1.807, 2.05) is 18.2 Å². The van der Waals surface area contributed by atoms with Gasteiger partial charge >= 0.3 is 0 Å². The third-order valence-electron chi connectivity index (χ3n) is 2.64. The summed E-state index contributed by atoms with van der Waals surface area (Å²) in [6.07, 6.45) is 0. The maximum Gasteiger partial charge on any atom is 0.117 e. The molecule has 0 spiro atoms. The molecule has 0 aliphatic heterocycles. The first kappa shape index (κ1) is 10.6. The van der Waals surface area contributed by atoms with Crippen molar-refractivity contribution in [2.24, 2.45) is 0 Å². The lowest BCUT2D eigenvalue weighted by Gasteiger charge is -2.08. The molecule has 0 amide bonds. The number of nitrogens with one attached hydrogen (secondary N) is 1. The van der Waals surface area contributed by atoms with Gasteiger partial charge in [-0.15, -0.1) is 0 Å². The molecule has 0 aliphatic carbocycles. The van der Waals surface area contributed by atoms with Crippen molar-refractivity contribution in [3.8, 4) is 5.75 Å². The fourth-order valence-electron chi connectivity index (χ4n) is 1.57. The highest BCUT2D eigenvalue weighted by molar-refractivity contribution is 5.62. The van der Waals surface area contributed by atoms with E-state index in [9.17, 15) is 5.11 Å². The Labute approximate surface area is 95.6 Å². The molecular formula is C14H15NO. The van der Waals surface area contributed by atoms with Crippen molar-refractivity contribution in [2.45, 2.75) is 13.8 Å². The van der Waals surface area contributed by atoms with Crippen molar-refractivity contribution < 1.29 is 5.11 Å². The van der Waals surface area contributed by atoms with Crippen LogP contribution in [0, 0.1) is 13.8 Å². The van der Waals surface area contributed by atoms with Gasteiger partial charge in [-0.25, -0.2) is 0 Å². The molecule has 82 valence electrons. The van der Waals surface area contributed by atoms with E-state index >= 15 is 0 Å². The van der Waals surface area contributed by atoms with Gasteiger partial charge in [-0.3, -0.25) is 0 Å². The molecule has 0 aliphatic rings. The average Bonchev–Trinajstić information content (AvgIpc) is 2.24. The van der Waals surface area contributed by atoms with Crippen LogP contribution < -0.4 is 5.32 Å². The van der Waals surface area contributed by atoms with Crippen LogP contribution in [0.4, 0.5) is 11.4 Å². The Bertz CT molecular complexity index is 506. The number of phenolic OH excluding ortho intramolecular Hbond substituents is 1. The predicted octanol–water partition coefficient (Wildman–Crippen LogP) is 3.75. The minimum Gasteiger partial charge on any atom is -0.508 e. The Morgan fingerprint density at radius 1 is 0.875 bits per heavy atom. The summed E-state index contributed by atoms with van der Waals surface area (Å²) in [7, 11) is 0. The molecule has 0 bridgehead atoms. The highest BCUT2D eigenvalue weighted by atomic mass is 16.3. The molecule has 0 fully saturated rings. The topological polar surface area (TPSA) is 32.3 Å². The second-order valence-corrected chi connectivity index (χ2v) is 3.97. The van der Waals surface area contributed by atoms with Gasteiger partial charge in [0.1, 0.15) is 5.75 Å². The van der Waals surface area contributed by atoms with Gasteiger partial charge < -0.3 is 10.4 Å². The fourth-order valence-corrected chi connectivity index (χ4v) is 1.57. The van der Waals surface area contributed by atoms with Crippen LogP contribution in [0.2, 0.25) is 0 Å². The van der Waals surface area contributed by atoms with Gasteiger partial charge in [0.2, 0.25) is 0 Å². The molecule has 0 saturated heterocycles. The zero-order valence-electron chi connectivity index (χ0n) is 9.49. The Hall–Kier alpha value is -1.96. The highest BCUT2D eigenvalue weighted by Crippen LogP contribution is 2.22. The first-order valence-electron chi connectivity index (χ1n) is 5.28. The summed E-state index contributed by atoms with van der Waals surface area (Å²) in [5.74, 6) is 0.272. The standard InChI is InChI=1S/C14H15NO/c1-10-6-7-13(8-11(10)2)15-12-4-3-5-14(16)9-12/h3-9,15-16H,1-2H3. The normalized spacial score (nSPS) is 10.1. The van der Waals surface area contributed by atoms with Crippen molar-refractivity contribution in [2.75, 3.05) is 5.32 Å². The Morgan fingerprint density at radius 2 is 1.62 bits per heavy atom. The van der Waals surface area contributed by atoms with Gasteiger partial charge in [0.25, 0.3) is 0 Å². The molecule has 0 atom stereocenters. The van der Waals surface area contributed by atoms with E-state index in [1.165, 1.54) is 11.1 Å². The summed E-state index contributed by atoms with van der Waals surface area (Å²) in [5, 5.41) is 12.6. The molecule has 16 heavy (non-hydrogen) atoms. The van der Waals surface area contributed by atoms with Crippen LogP contribution in [0.25, 0.3) is 0 Å². The van der Waals surface area contributed by atoms with Gasteiger partial charge in [-0.05, 0) is 49.2 Å². The van der Waals surface area contributed by atoms with E-state index in [0.29, 0.717) is 0 Å². The van der Waals surface area contributed by atoms with E-state index in [0.717, 1.165) is 11.4 Å². The minimum atomic E-state index is 0.272. The summed E-state index contributed by atoms with van der Waals surface area (Å²) in [5.41, 5.74) is 4.46. The molecule has 0 heterocycles. The Balaban J connectivity index is 2.24. The molecule has 0 saturated carbocycles. The molecule has 2 aromatic rings. The second kappa shape index (κ2) is 4.27. The number of benzene rings is 2. The van der Waals surface area contributed by atoms with Crippen molar-refractivity contribution in [3.63, 3.8) is 0 Å². The van der Waals surface area contributed by atoms with E-state index in [1.54, 1.807) is 12.1 Å². The Morgan fingerprint density at radius 3 is 2.31 bits per heavy atom. The second-order valence-electron chi connectivity index (χ2n) is 3.97. The van der Waals surface area contributed by atoms with Crippen LogP contribution in [-0.4, -0.2) is 5.11 Å². The number of phenols is 1. The quantitative estimate of drug-likeness (QED) is 0.796. The number of aromatic hydroxyl groups is 1. The van der Waals surface area contributed by atoms with Crippen LogP contribution >= 0.6 is 0 Å². The molecule has 2 N–H and O–H groups in total. The molecule has 0 aromatic heterocycles. The van der Waals surface area contributed by atoms with Crippen LogP contribution in [0.15, 0.2) is 42.5 Å². The summed E-state index contributed by atoms with van der Waals surface area (Å²) in [4.78, 5) is 0. The molecule has 0 radical (unpaired) electrons. The van der Waals surface area contributed by atoms with Crippen molar-refractivity contribution in [3.05, 3.63) is 53.6 Å². The summed E-state index contributed by atoms with van der Waals surface area (Å²) < 4.78 is 0. The summed E-state index contributed by atoms with van der Waals surface area (Å²) in [6.45, 7) is 4.18. The van der Waals surface area contributed by atoms with Gasteiger partial charge in [-0.2, -0.15) is 0 Å². The van der Waals surface area contributed by atoms with Crippen LogP contribution in [0.5, 0.6) is 5.75 Å². The van der Waals surface area contributed by atoms with E-state index in [4.69, 9.17) is 0 Å². The third kappa shape index (κ3) is 2.34. The highest BCUT2D eigenvalue weighted by Gasteiger charge is 1.98. The lowest BCUT2D eigenvalue weighted by atomic mass is 10.1. The lowest BCUT2D eigenvalue weighted by Crippen LogP contribution is -1.91. The first-order chi connectivity index (χ1) is 7.65. The summed E-state index contributed by atoms with van der Waals surface area (Å²) >= 11 is 0. The smallest absolute Gasteiger partial charge is 0.117 e. The number of anilines is 2. The van der Waals surface area contributed by atoms with Crippen molar-refractivity contribution >= 4 is 11.4 Å². The third-order valence-corrected chi connectivity index (χ3v) is 2.64. The largest absolute Gasteiger partial charge is 0.508 e. The van der Waals surface area contributed by atoms with E-state index in [2.05, 4.69) is 31.3 Å². The van der Waals surface area contributed by atoms with Crippen LogP contribution in [0.3, 0.4) is 0 Å². The maximum absolute atomic E-state index is 9.35. The maximum atomic E-state index is 9.35. The first-order valence-corrected chi connectivity index (χ1v) is 5.28. The monoisotopic (exact) mass is 213 g/mol. The molecule has 2 aromatic carbocycles. The molecule has 0 unspecified atom stereocenters. The summed E-state index contributed by atoms with van der Waals surface area (Å²) in [6, 6.07) is 13.3. The van der Waals surface area contributed by atoms with Crippen molar-refractivity contribution in [1.82, 2.24) is 0 Å². The molecule has 2 heteroatoms. The van der Waals surface area contributed by atoms with Gasteiger partial charge in [0.15, 0.2) is 0 Å². The molecule has 2 nitrogen and oxygen atoms in total. The SMILES string of the molecule is Cc1ccc(Nc2cccc(O)c2)cc1C. The van der Waals surface area contributed by atoms with Crippen LogP contribution in [-0.2, 0) is 0 Å². The Kier molecular flexibility index (Phi) is 2.82. The van der Waals surface area contributed by atoms with Crippen molar-refractivity contribution in [1.29, 1.82) is 0 Å². The lowest BCUT2D eigenvalue weighted by molar-refractivity contribution is 0.475. The molecular weight excluding hydrogens is 198 g/mol. The number of hydrogen-bond acceptors (Lipinski definition) is 2. The zero-order chi connectivity index (χ0) is 11.5. The number of rotatable bonds is 2.